The van der Waals surface area contributed by atoms with Gasteiger partial charge in [-0.05, 0) is 34.5 Å². The van der Waals surface area contributed by atoms with Crippen molar-refractivity contribution in [2.45, 2.75) is 13.3 Å². The lowest BCUT2D eigenvalue weighted by atomic mass is 10.3. The molecule has 4 nitrogen and oxygen atoms in total. The third-order valence-corrected chi connectivity index (χ3v) is 3.73. The van der Waals surface area contributed by atoms with Crippen molar-refractivity contribution in [3.63, 3.8) is 0 Å². The van der Waals surface area contributed by atoms with E-state index in [0.717, 1.165) is 6.42 Å². The fraction of sp³-hybridized carbons (Fsp3) is 0.182. The van der Waals surface area contributed by atoms with E-state index in [1.54, 1.807) is 6.20 Å². The Hall–Kier alpha value is -1.27. The van der Waals surface area contributed by atoms with Crippen molar-refractivity contribution < 1.29 is 4.79 Å². The van der Waals surface area contributed by atoms with Crippen LogP contribution < -0.4 is 5.32 Å². The topological polar surface area (TPSA) is 54.9 Å². The van der Waals surface area contributed by atoms with Gasteiger partial charge in [-0.15, -0.1) is 11.3 Å². The molecule has 2 aromatic rings. The molecule has 1 amide bonds. The van der Waals surface area contributed by atoms with Gasteiger partial charge in [0.1, 0.15) is 4.60 Å². The van der Waals surface area contributed by atoms with E-state index in [1.807, 2.05) is 12.1 Å². The average Bonchev–Trinajstić information content (AvgIpc) is 2.81. The van der Waals surface area contributed by atoms with Gasteiger partial charge in [0.2, 0.25) is 0 Å². The Kier molecular flexibility index (Phi) is 3.86. The fourth-order valence-corrected chi connectivity index (χ4v) is 2.29. The molecule has 0 aromatic carbocycles. The number of rotatable bonds is 3. The summed E-state index contributed by atoms with van der Waals surface area (Å²) in [5.41, 5.74) is 0. The standard InChI is InChI=1S/C11H10BrN3OS/c1-2-7-3-4-8(17-7)11(16)15-10-6-13-9(12)5-14-10/h3-6H,2H2,1H3,(H,14,15,16). The zero-order valence-electron chi connectivity index (χ0n) is 9.11. The number of hydrogen-bond acceptors (Lipinski definition) is 4. The minimum absolute atomic E-state index is 0.147. The highest BCUT2D eigenvalue weighted by Gasteiger charge is 2.09. The van der Waals surface area contributed by atoms with Crippen molar-refractivity contribution in [2.75, 3.05) is 5.32 Å². The molecule has 0 bridgehead atoms. The van der Waals surface area contributed by atoms with Crippen molar-refractivity contribution in [1.29, 1.82) is 0 Å². The molecule has 88 valence electrons. The van der Waals surface area contributed by atoms with Crippen molar-refractivity contribution in [2.24, 2.45) is 0 Å². The normalized spacial score (nSPS) is 10.2. The van der Waals surface area contributed by atoms with Crippen LogP contribution in [0.15, 0.2) is 29.1 Å². The molecule has 2 rings (SSSR count). The van der Waals surface area contributed by atoms with Gasteiger partial charge in [0, 0.05) is 4.88 Å². The predicted molar refractivity (Wildman–Crippen MR) is 71.4 cm³/mol. The highest BCUT2D eigenvalue weighted by Crippen LogP contribution is 2.18. The number of thiophene rings is 1. The van der Waals surface area contributed by atoms with Crippen molar-refractivity contribution >= 4 is 39.0 Å². The number of halogens is 1. The first kappa shape index (κ1) is 12.2. The van der Waals surface area contributed by atoms with Gasteiger partial charge in [-0.25, -0.2) is 9.97 Å². The highest BCUT2D eigenvalue weighted by molar-refractivity contribution is 9.10. The third-order valence-electron chi connectivity index (χ3n) is 2.10. The van der Waals surface area contributed by atoms with Crippen LogP contribution in [0.25, 0.3) is 0 Å². The molecule has 0 saturated heterocycles. The second kappa shape index (κ2) is 5.37. The van der Waals surface area contributed by atoms with E-state index >= 15 is 0 Å². The van der Waals surface area contributed by atoms with Crippen LogP contribution in [0.1, 0.15) is 21.5 Å². The van der Waals surface area contributed by atoms with Crippen LogP contribution in [0.3, 0.4) is 0 Å². The number of aryl methyl sites for hydroxylation is 1. The maximum Gasteiger partial charge on any atom is 0.266 e. The van der Waals surface area contributed by atoms with Gasteiger partial charge in [-0.2, -0.15) is 0 Å². The van der Waals surface area contributed by atoms with E-state index < -0.39 is 0 Å². The van der Waals surface area contributed by atoms with Gasteiger partial charge in [0.25, 0.3) is 5.91 Å². The number of aromatic nitrogens is 2. The fourth-order valence-electron chi connectivity index (χ4n) is 1.24. The Morgan fingerprint density at radius 2 is 2.24 bits per heavy atom. The number of nitrogens with zero attached hydrogens (tertiary/aromatic N) is 2. The van der Waals surface area contributed by atoms with Gasteiger partial charge in [0.15, 0.2) is 5.82 Å². The van der Waals surface area contributed by atoms with Crippen molar-refractivity contribution in [3.05, 3.63) is 38.9 Å². The molecule has 0 atom stereocenters. The van der Waals surface area contributed by atoms with E-state index in [0.29, 0.717) is 15.3 Å². The number of carbonyl (C=O) groups is 1. The van der Waals surface area contributed by atoms with E-state index in [9.17, 15) is 4.79 Å². The largest absolute Gasteiger partial charge is 0.305 e. The van der Waals surface area contributed by atoms with Crippen molar-refractivity contribution in [3.8, 4) is 0 Å². The molecule has 6 heteroatoms. The monoisotopic (exact) mass is 311 g/mol. The van der Waals surface area contributed by atoms with E-state index in [1.165, 1.54) is 22.4 Å². The Bertz CT molecular complexity index is 524. The summed E-state index contributed by atoms with van der Waals surface area (Å²) in [6, 6.07) is 3.79. The minimum atomic E-state index is -0.147. The van der Waals surface area contributed by atoms with Crippen molar-refractivity contribution in [1.82, 2.24) is 9.97 Å². The molecule has 0 unspecified atom stereocenters. The van der Waals surface area contributed by atoms with Gasteiger partial charge in [-0.3, -0.25) is 4.79 Å². The quantitative estimate of drug-likeness (QED) is 0.947. The molecule has 0 aliphatic heterocycles. The average molecular weight is 312 g/mol. The molecule has 0 fully saturated rings. The summed E-state index contributed by atoms with van der Waals surface area (Å²) in [6.07, 6.45) is 3.99. The van der Waals surface area contributed by atoms with Crippen LogP contribution in [0, 0.1) is 0 Å². The molecular formula is C11H10BrN3OS. The summed E-state index contributed by atoms with van der Waals surface area (Å²) >= 11 is 4.68. The van der Waals surface area contributed by atoms with Gasteiger partial charge >= 0.3 is 0 Å². The van der Waals surface area contributed by atoms with Crippen LogP contribution in [-0.2, 0) is 6.42 Å². The summed E-state index contributed by atoms with van der Waals surface area (Å²) in [7, 11) is 0. The second-order valence-electron chi connectivity index (χ2n) is 3.30. The molecule has 0 aliphatic rings. The summed E-state index contributed by atoms with van der Waals surface area (Å²) < 4.78 is 0.639. The Morgan fingerprint density at radius 3 is 2.82 bits per heavy atom. The SMILES string of the molecule is CCc1ccc(C(=O)Nc2cnc(Br)cn2)s1. The van der Waals surface area contributed by atoms with Crippen LogP contribution in [0.2, 0.25) is 0 Å². The first-order valence-electron chi connectivity index (χ1n) is 5.06. The smallest absolute Gasteiger partial charge is 0.266 e. The summed E-state index contributed by atoms with van der Waals surface area (Å²) in [5, 5.41) is 2.70. The number of anilines is 1. The molecule has 1 N–H and O–H groups in total. The molecule has 0 aliphatic carbocycles. The zero-order valence-corrected chi connectivity index (χ0v) is 11.5. The van der Waals surface area contributed by atoms with Gasteiger partial charge in [0.05, 0.1) is 17.3 Å². The zero-order chi connectivity index (χ0) is 12.3. The lowest BCUT2D eigenvalue weighted by Gasteiger charge is -2.01. The summed E-state index contributed by atoms with van der Waals surface area (Å²) in [6.45, 7) is 2.06. The van der Waals surface area contributed by atoms with Gasteiger partial charge in [-0.1, -0.05) is 6.92 Å². The third kappa shape index (κ3) is 3.10. The minimum Gasteiger partial charge on any atom is -0.305 e. The van der Waals surface area contributed by atoms with E-state index in [2.05, 4.69) is 38.1 Å². The Labute approximate surface area is 111 Å². The number of carbonyl (C=O) groups excluding carboxylic acids is 1. The van der Waals surface area contributed by atoms with E-state index in [4.69, 9.17) is 0 Å². The number of nitrogens with one attached hydrogen (secondary N) is 1. The number of hydrogen-bond donors (Lipinski definition) is 1. The summed E-state index contributed by atoms with van der Waals surface area (Å²) in [5.74, 6) is 0.302. The molecule has 17 heavy (non-hydrogen) atoms. The van der Waals surface area contributed by atoms with Crippen LogP contribution >= 0.6 is 27.3 Å². The lowest BCUT2D eigenvalue weighted by molar-refractivity contribution is 0.103. The Morgan fingerprint density at radius 1 is 1.41 bits per heavy atom. The molecule has 0 saturated carbocycles. The summed E-state index contributed by atoms with van der Waals surface area (Å²) in [4.78, 5) is 21.8. The molecule has 0 spiro atoms. The van der Waals surface area contributed by atoms with Crippen LogP contribution in [0.4, 0.5) is 5.82 Å². The first-order chi connectivity index (χ1) is 8.19. The van der Waals surface area contributed by atoms with Crippen LogP contribution in [0.5, 0.6) is 0 Å². The Balaban J connectivity index is 2.08. The first-order valence-corrected chi connectivity index (χ1v) is 6.67. The predicted octanol–water partition coefficient (Wildman–Crippen LogP) is 3.12. The molecular weight excluding hydrogens is 302 g/mol. The maximum absolute atomic E-state index is 11.8. The molecule has 0 radical (unpaired) electrons. The lowest BCUT2D eigenvalue weighted by Crippen LogP contribution is -2.11. The molecule has 2 heterocycles. The molecule has 2 aromatic heterocycles. The second-order valence-corrected chi connectivity index (χ2v) is 5.28. The highest BCUT2D eigenvalue weighted by atomic mass is 79.9. The van der Waals surface area contributed by atoms with Gasteiger partial charge < -0.3 is 5.32 Å². The van der Waals surface area contributed by atoms with Crippen LogP contribution in [-0.4, -0.2) is 15.9 Å². The maximum atomic E-state index is 11.8. The number of amides is 1. The van der Waals surface area contributed by atoms with E-state index in [-0.39, 0.29) is 5.91 Å².